The van der Waals surface area contributed by atoms with Crippen molar-refractivity contribution in [3.63, 3.8) is 0 Å². The molecule has 0 amide bonds. The molecule has 1 saturated heterocycles. The summed E-state index contributed by atoms with van der Waals surface area (Å²) in [6.07, 6.45) is 4.22. The molecule has 1 fully saturated rings. The Balaban J connectivity index is 0.00000176. The highest BCUT2D eigenvalue weighted by Crippen LogP contribution is 2.19. The van der Waals surface area contributed by atoms with Crippen LogP contribution in [0, 0.1) is 11.7 Å². The Morgan fingerprint density at radius 1 is 1.23 bits per heavy atom. The second-order valence-corrected chi connectivity index (χ2v) is 5.69. The predicted molar refractivity (Wildman–Crippen MR) is 87.8 cm³/mol. The van der Waals surface area contributed by atoms with E-state index >= 15 is 0 Å². The zero-order valence-corrected chi connectivity index (χ0v) is 13.3. The Morgan fingerprint density at radius 3 is 2.73 bits per heavy atom. The van der Waals surface area contributed by atoms with E-state index in [-0.39, 0.29) is 18.2 Å². The first kappa shape index (κ1) is 16.9. The normalized spacial score (nSPS) is 18.9. The molecule has 0 saturated carbocycles. The molecule has 1 aromatic carbocycles. The van der Waals surface area contributed by atoms with Crippen LogP contribution in [0.2, 0.25) is 0 Å². The SMILES string of the molecule is Cl.NCC1CCCN(Cc2ccnn2-c2ccc(F)cc2)C1. The molecule has 1 unspecified atom stereocenters. The van der Waals surface area contributed by atoms with Crippen molar-refractivity contribution in [3.8, 4) is 5.69 Å². The van der Waals surface area contributed by atoms with Crippen LogP contribution in [0.5, 0.6) is 0 Å². The van der Waals surface area contributed by atoms with Crippen molar-refractivity contribution in [1.82, 2.24) is 14.7 Å². The fourth-order valence-electron chi connectivity index (χ4n) is 2.98. The molecule has 1 atom stereocenters. The Morgan fingerprint density at radius 2 is 2.00 bits per heavy atom. The summed E-state index contributed by atoms with van der Waals surface area (Å²) >= 11 is 0. The Hall–Kier alpha value is -1.43. The first-order valence-electron chi connectivity index (χ1n) is 7.47. The molecular weight excluding hydrogens is 303 g/mol. The highest BCUT2D eigenvalue weighted by molar-refractivity contribution is 5.85. The van der Waals surface area contributed by atoms with Crippen LogP contribution in [-0.2, 0) is 6.54 Å². The lowest BCUT2D eigenvalue weighted by molar-refractivity contribution is 0.168. The van der Waals surface area contributed by atoms with E-state index in [1.54, 1.807) is 18.3 Å². The van der Waals surface area contributed by atoms with E-state index in [9.17, 15) is 4.39 Å². The average Bonchev–Trinajstić information content (AvgIpc) is 2.96. The molecule has 0 radical (unpaired) electrons. The molecule has 2 heterocycles. The third-order valence-corrected chi connectivity index (χ3v) is 4.11. The maximum atomic E-state index is 13.0. The van der Waals surface area contributed by atoms with Crippen LogP contribution in [0.1, 0.15) is 18.5 Å². The highest BCUT2D eigenvalue weighted by atomic mass is 35.5. The van der Waals surface area contributed by atoms with Crippen molar-refractivity contribution < 1.29 is 4.39 Å². The van der Waals surface area contributed by atoms with Gasteiger partial charge in [-0.05, 0) is 62.2 Å². The van der Waals surface area contributed by atoms with Gasteiger partial charge in [0.05, 0.1) is 11.4 Å². The van der Waals surface area contributed by atoms with Gasteiger partial charge in [0.15, 0.2) is 0 Å². The minimum absolute atomic E-state index is 0. The summed E-state index contributed by atoms with van der Waals surface area (Å²) < 4.78 is 14.9. The minimum Gasteiger partial charge on any atom is -0.330 e. The van der Waals surface area contributed by atoms with Gasteiger partial charge < -0.3 is 5.73 Å². The number of halogens is 2. The number of nitrogens with two attached hydrogens (primary N) is 1. The van der Waals surface area contributed by atoms with Gasteiger partial charge in [-0.3, -0.25) is 4.90 Å². The maximum Gasteiger partial charge on any atom is 0.123 e. The number of nitrogens with zero attached hydrogens (tertiary/aromatic N) is 3. The number of benzene rings is 1. The Kier molecular flexibility index (Phi) is 5.94. The maximum absolute atomic E-state index is 13.0. The summed E-state index contributed by atoms with van der Waals surface area (Å²) in [5.74, 6) is 0.371. The fourth-order valence-corrected chi connectivity index (χ4v) is 2.98. The minimum atomic E-state index is -0.228. The number of rotatable bonds is 4. The second kappa shape index (κ2) is 7.72. The van der Waals surface area contributed by atoms with E-state index in [1.807, 2.05) is 10.7 Å². The molecule has 22 heavy (non-hydrogen) atoms. The Labute approximate surface area is 136 Å². The first-order chi connectivity index (χ1) is 10.3. The van der Waals surface area contributed by atoms with Gasteiger partial charge in [0, 0.05) is 19.3 Å². The number of piperidine rings is 1. The number of likely N-dealkylation sites (tertiary alicyclic amines) is 1. The molecule has 120 valence electrons. The smallest absolute Gasteiger partial charge is 0.123 e. The van der Waals surface area contributed by atoms with Crippen LogP contribution >= 0.6 is 12.4 Å². The van der Waals surface area contributed by atoms with E-state index in [2.05, 4.69) is 10.00 Å². The van der Waals surface area contributed by atoms with Gasteiger partial charge >= 0.3 is 0 Å². The number of hydrogen-bond donors (Lipinski definition) is 1. The van der Waals surface area contributed by atoms with Crippen LogP contribution in [-0.4, -0.2) is 34.3 Å². The van der Waals surface area contributed by atoms with Gasteiger partial charge in [-0.25, -0.2) is 9.07 Å². The van der Waals surface area contributed by atoms with Gasteiger partial charge in [-0.15, -0.1) is 12.4 Å². The van der Waals surface area contributed by atoms with Gasteiger partial charge in [-0.2, -0.15) is 5.10 Å². The van der Waals surface area contributed by atoms with Crippen molar-refractivity contribution in [2.75, 3.05) is 19.6 Å². The van der Waals surface area contributed by atoms with Gasteiger partial charge in [-0.1, -0.05) is 0 Å². The van der Waals surface area contributed by atoms with E-state index in [0.717, 1.165) is 37.6 Å². The van der Waals surface area contributed by atoms with Gasteiger partial charge in [0.2, 0.25) is 0 Å². The highest BCUT2D eigenvalue weighted by Gasteiger charge is 2.20. The molecule has 2 aromatic rings. The van der Waals surface area contributed by atoms with Crippen LogP contribution in [0.4, 0.5) is 4.39 Å². The fraction of sp³-hybridized carbons (Fsp3) is 0.438. The molecule has 1 aromatic heterocycles. The van der Waals surface area contributed by atoms with Crippen molar-refractivity contribution in [2.24, 2.45) is 11.7 Å². The molecule has 4 nitrogen and oxygen atoms in total. The third-order valence-electron chi connectivity index (χ3n) is 4.11. The van der Waals surface area contributed by atoms with Crippen LogP contribution in [0.25, 0.3) is 5.69 Å². The average molecular weight is 325 g/mol. The largest absolute Gasteiger partial charge is 0.330 e. The number of hydrogen-bond acceptors (Lipinski definition) is 3. The lowest BCUT2D eigenvalue weighted by Crippen LogP contribution is -2.38. The summed E-state index contributed by atoms with van der Waals surface area (Å²) in [6, 6.07) is 8.46. The second-order valence-electron chi connectivity index (χ2n) is 5.69. The van der Waals surface area contributed by atoms with E-state index < -0.39 is 0 Å². The predicted octanol–water partition coefficient (Wildman–Crippen LogP) is 2.60. The molecule has 0 spiro atoms. The molecule has 1 aliphatic heterocycles. The van der Waals surface area contributed by atoms with Crippen molar-refractivity contribution >= 4 is 12.4 Å². The summed E-state index contributed by atoms with van der Waals surface area (Å²) in [5, 5.41) is 4.36. The molecule has 3 rings (SSSR count). The lowest BCUT2D eigenvalue weighted by Gasteiger charge is -2.32. The zero-order chi connectivity index (χ0) is 14.7. The van der Waals surface area contributed by atoms with E-state index in [1.165, 1.54) is 25.0 Å². The van der Waals surface area contributed by atoms with Crippen molar-refractivity contribution in [1.29, 1.82) is 0 Å². The van der Waals surface area contributed by atoms with Gasteiger partial charge in [0.1, 0.15) is 5.82 Å². The zero-order valence-electron chi connectivity index (χ0n) is 12.5. The molecule has 0 bridgehead atoms. The van der Waals surface area contributed by atoms with Crippen molar-refractivity contribution in [3.05, 3.63) is 48.0 Å². The quantitative estimate of drug-likeness (QED) is 0.940. The molecular formula is C16H22ClFN4. The van der Waals surface area contributed by atoms with Crippen LogP contribution in [0.3, 0.4) is 0 Å². The molecule has 0 aliphatic carbocycles. The molecule has 2 N–H and O–H groups in total. The lowest BCUT2D eigenvalue weighted by atomic mass is 9.98. The van der Waals surface area contributed by atoms with Crippen LogP contribution < -0.4 is 5.73 Å². The third kappa shape index (κ3) is 3.85. The number of aromatic nitrogens is 2. The first-order valence-corrected chi connectivity index (χ1v) is 7.47. The van der Waals surface area contributed by atoms with Crippen molar-refractivity contribution in [2.45, 2.75) is 19.4 Å². The Bertz CT molecular complexity index is 584. The summed E-state index contributed by atoms with van der Waals surface area (Å²) in [6.45, 7) is 3.76. The summed E-state index contributed by atoms with van der Waals surface area (Å²) in [4.78, 5) is 2.43. The van der Waals surface area contributed by atoms with Crippen LogP contribution in [0.15, 0.2) is 36.5 Å². The van der Waals surface area contributed by atoms with E-state index in [4.69, 9.17) is 5.73 Å². The standard InChI is InChI=1S/C16H21FN4.ClH/c17-14-3-5-15(6-4-14)21-16(7-8-19-21)12-20-9-1-2-13(10-18)11-20;/h3-8,13H,1-2,9-12,18H2;1H. The van der Waals surface area contributed by atoms with Gasteiger partial charge in [0.25, 0.3) is 0 Å². The molecule has 1 aliphatic rings. The summed E-state index contributed by atoms with van der Waals surface area (Å²) in [7, 11) is 0. The van der Waals surface area contributed by atoms with E-state index in [0.29, 0.717) is 5.92 Å². The molecule has 6 heteroatoms. The monoisotopic (exact) mass is 324 g/mol. The summed E-state index contributed by atoms with van der Waals surface area (Å²) in [5.41, 5.74) is 7.81. The topological polar surface area (TPSA) is 47.1 Å².